The van der Waals surface area contributed by atoms with Crippen LogP contribution in [0.3, 0.4) is 0 Å². The Bertz CT molecular complexity index is 1100. The number of benzene rings is 3. The fourth-order valence-electron chi connectivity index (χ4n) is 2.96. The first-order valence-corrected chi connectivity index (χ1v) is 10.9. The Labute approximate surface area is 196 Å². The standard InChI is InChI=1S/C25H25BrN2O4/c1-4-31-23-14-18(15-27-28-25(29)19-9-11-21(30-3)12-10-19)13-22(26)24(23)32-16-20-8-6-5-7-17(20)2/h5-15H,4,16H2,1-3H3,(H,28,29)/b27-15-. The highest BCUT2D eigenvalue weighted by Crippen LogP contribution is 2.37. The first-order valence-electron chi connectivity index (χ1n) is 10.1. The molecule has 0 heterocycles. The Hall–Kier alpha value is -3.32. The van der Waals surface area contributed by atoms with E-state index in [4.69, 9.17) is 14.2 Å². The lowest BCUT2D eigenvalue weighted by Crippen LogP contribution is -2.17. The molecule has 0 radical (unpaired) electrons. The molecule has 0 saturated carbocycles. The Kier molecular flexibility index (Phi) is 8.27. The van der Waals surface area contributed by atoms with Crippen molar-refractivity contribution in [2.45, 2.75) is 20.5 Å². The molecule has 3 rings (SSSR count). The van der Waals surface area contributed by atoms with Crippen molar-refractivity contribution in [2.24, 2.45) is 5.10 Å². The van der Waals surface area contributed by atoms with E-state index >= 15 is 0 Å². The van der Waals surface area contributed by atoms with E-state index in [0.29, 0.717) is 36.0 Å². The molecule has 0 bridgehead atoms. The number of amides is 1. The minimum absolute atomic E-state index is 0.314. The fraction of sp³-hybridized carbons (Fsp3) is 0.200. The van der Waals surface area contributed by atoms with Gasteiger partial charge in [0.25, 0.3) is 5.91 Å². The largest absolute Gasteiger partial charge is 0.497 e. The summed E-state index contributed by atoms with van der Waals surface area (Å²) in [5.74, 6) is 1.59. The smallest absolute Gasteiger partial charge is 0.271 e. The number of ether oxygens (including phenoxy) is 3. The van der Waals surface area contributed by atoms with Crippen molar-refractivity contribution in [2.75, 3.05) is 13.7 Å². The molecule has 6 nitrogen and oxygen atoms in total. The third-order valence-electron chi connectivity index (χ3n) is 4.70. The second-order valence-corrected chi connectivity index (χ2v) is 7.76. The van der Waals surface area contributed by atoms with Gasteiger partial charge < -0.3 is 14.2 Å². The Morgan fingerprint density at radius 2 is 1.84 bits per heavy atom. The molecule has 0 aliphatic rings. The molecule has 1 amide bonds. The predicted molar refractivity (Wildman–Crippen MR) is 129 cm³/mol. The molecule has 0 atom stereocenters. The predicted octanol–water partition coefficient (Wildman–Crippen LogP) is 5.51. The number of hydrazone groups is 1. The fourth-order valence-corrected chi connectivity index (χ4v) is 3.53. The van der Waals surface area contributed by atoms with Crippen molar-refractivity contribution in [3.05, 3.63) is 87.4 Å². The lowest BCUT2D eigenvalue weighted by molar-refractivity contribution is 0.0955. The number of rotatable bonds is 9. The van der Waals surface area contributed by atoms with Crippen molar-refractivity contribution in [3.8, 4) is 17.2 Å². The summed E-state index contributed by atoms with van der Waals surface area (Å²) in [5.41, 5.74) is 6.03. The number of nitrogens with one attached hydrogen (secondary N) is 1. The third-order valence-corrected chi connectivity index (χ3v) is 5.29. The van der Waals surface area contributed by atoms with E-state index in [-0.39, 0.29) is 5.91 Å². The van der Waals surface area contributed by atoms with Gasteiger partial charge in [-0.05, 0) is 82.9 Å². The topological polar surface area (TPSA) is 69.2 Å². The minimum Gasteiger partial charge on any atom is -0.497 e. The zero-order valence-corrected chi connectivity index (χ0v) is 19.8. The molecule has 1 N–H and O–H groups in total. The summed E-state index contributed by atoms with van der Waals surface area (Å²) in [5, 5.41) is 4.06. The Morgan fingerprint density at radius 1 is 1.09 bits per heavy atom. The lowest BCUT2D eigenvalue weighted by Gasteiger charge is -2.15. The van der Waals surface area contributed by atoms with Crippen LogP contribution in [-0.4, -0.2) is 25.8 Å². The molecular weight excluding hydrogens is 472 g/mol. The average molecular weight is 497 g/mol. The molecule has 3 aromatic rings. The molecule has 0 spiro atoms. The van der Waals surface area contributed by atoms with Crippen LogP contribution < -0.4 is 19.6 Å². The number of carbonyl (C=O) groups is 1. The van der Waals surface area contributed by atoms with Crippen LogP contribution in [0.4, 0.5) is 0 Å². The van der Waals surface area contributed by atoms with Crippen LogP contribution >= 0.6 is 15.9 Å². The van der Waals surface area contributed by atoms with E-state index in [1.807, 2.05) is 37.3 Å². The molecule has 0 aromatic heterocycles. The number of carbonyl (C=O) groups excluding carboxylic acids is 1. The molecule has 7 heteroatoms. The van der Waals surface area contributed by atoms with Gasteiger partial charge in [-0.25, -0.2) is 5.43 Å². The summed E-state index contributed by atoms with van der Waals surface area (Å²) in [7, 11) is 1.58. The molecule has 166 valence electrons. The molecule has 0 aliphatic carbocycles. The lowest BCUT2D eigenvalue weighted by atomic mass is 10.1. The van der Waals surface area contributed by atoms with Gasteiger partial charge in [0, 0.05) is 5.56 Å². The molecule has 32 heavy (non-hydrogen) atoms. The Balaban J connectivity index is 1.71. The van der Waals surface area contributed by atoms with Crippen molar-refractivity contribution in [3.63, 3.8) is 0 Å². The van der Waals surface area contributed by atoms with Crippen LogP contribution in [0.25, 0.3) is 0 Å². The molecule has 0 aliphatic heterocycles. The Morgan fingerprint density at radius 3 is 2.53 bits per heavy atom. The molecule has 3 aromatic carbocycles. The molecular formula is C25H25BrN2O4. The van der Waals surface area contributed by atoms with Crippen LogP contribution in [-0.2, 0) is 6.61 Å². The van der Waals surface area contributed by atoms with Gasteiger partial charge >= 0.3 is 0 Å². The van der Waals surface area contributed by atoms with Crippen LogP contribution in [0.5, 0.6) is 17.2 Å². The van der Waals surface area contributed by atoms with Crippen LogP contribution in [0.2, 0.25) is 0 Å². The molecule has 0 fully saturated rings. The van der Waals surface area contributed by atoms with E-state index < -0.39 is 0 Å². The van der Waals surface area contributed by atoms with Gasteiger partial charge in [-0.3, -0.25) is 4.79 Å². The van der Waals surface area contributed by atoms with Crippen molar-refractivity contribution in [1.29, 1.82) is 0 Å². The van der Waals surface area contributed by atoms with Crippen molar-refractivity contribution < 1.29 is 19.0 Å². The van der Waals surface area contributed by atoms with E-state index in [2.05, 4.69) is 39.4 Å². The summed E-state index contributed by atoms with van der Waals surface area (Å²) in [6.45, 7) is 4.88. The quantitative estimate of drug-likeness (QED) is 0.313. The number of hydrogen-bond acceptors (Lipinski definition) is 5. The highest BCUT2D eigenvalue weighted by molar-refractivity contribution is 9.10. The van der Waals surface area contributed by atoms with Gasteiger partial charge in [0.2, 0.25) is 0 Å². The first kappa shape index (κ1) is 23.3. The van der Waals surface area contributed by atoms with Crippen LogP contribution in [0, 0.1) is 6.92 Å². The first-order chi connectivity index (χ1) is 15.5. The average Bonchev–Trinajstić information content (AvgIpc) is 2.80. The van der Waals surface area contributed by atoms with Gasteiger partial charge in [-0.1, -0.05) is 24.3 Å². The van der Waals surface area contributed by atoms with Crippen molar-refractivity contribution >= 4 is 28.1 Å². The summed E-state index contributed by atoms with van der Waals surface area (Å²) in [4.78, 5) is 12.3. The second kappa shape index (κ2) is 11.3. The highest BCUT2D eigenvalue weighted by Gasteiger charge is 2.13. The van der Waals surface area contributed by atoms with Gasteiger partial charge in [-0.15, -0.1) is 0 Å². The van der Waals surface area contributed by atoms with Crippen molar-refractivity contribution in [1.82, 2.24) is 5.43 Å². The van der Waals surface area contributed by atoms with Gasteiger partial charge in [0.1, 0.15) is 12.4 Å². The third kappa shape index (κ3) is 6.11. The zero-order chi connectivity index (χ0) is 22.9. The zero-order valence-electron chi connectivity index (χ0n) is 18.2. The summed E-state index contributed by atoms with van der Waals surface area (Å²) < 4.78 is 17.7. The second-order valence-electron chi connectivity index (χ2n) is 6.91. The maximum atomic E-state index is 12.3. The molecule has 0 unspecified atom stereocenters. The summed E-state index contributed by atoms with van der Waals surface area (Å²) in [6, 6.07) is 18.6. The normalized spacial score (nSPS) is 10.8. The van der Waals surface area contributed by atoms with E-state index in [9.17, 15) is 4.79 Å². The maximum Gasteiger partial charge on any atom is 0.271 e. The monoisotopic (exact) mass is 496 g/mol. The number of methoxy groups -OCH3 is 1. The van der Waals surface area contributed by atoms with Crippen LogP contribution in [0.1, 0.15) is 34.0 Å². The van der Waals surface area contributed by atoms with E-state index in [1.54, 1.807) is 37.6 Å². The molecule has 0 saturated heterocycles. The van der Waals surface area contributed by atoms with Gasteiger partial charge in [0.15, 0.2) is 11.5 Å². The minimum atomic E-state index is -0.314. The van der Waals surface area contributed by atoms with Gasteiger partial charge in [0.05, 0.1) is 24.4 Å². The van der Waals surface area contributed by atoms with Crippen LogP contribution in [0.15, 0.2) is 70.2 Å². The highest BCUT2D eigenvalue weighted by atomic mass is 79.9. The van der Waals surface area contributed by atoms with E-state index in [1.165, 1.54) is 0 Å². The summed E-state index contributed by atoms with van der Waals surface area (Å²) in [6.07, 6.45) is 1.56. The summed E-state index contributed by atoms with van der Waals surface area (Å²) >= 11 is 3.57. The number of halogens is 1. The van der Waals surface area contributed by atoms with E-state index in [0.717, 1.165) is 21.2 Å². The number of hydrogen-bond donors (Lipinski definition) is 1. The number of aryl methyl sites for hydroxylation is 1. The SMILES string of the molecule is CCOc1cc(/C=N\NC(=O)c2ccc(OC)cc2)cc(Br)c1OCc1ccccc1C. The number of nitrogens with zero attached hydrogens (tertiary/aromatic N) is 1. The maximum absolute atomic E-state index is 12.3. The van der Waals surface area contributed by atoms with Gasteiger partial charge in [-0.2, -0.15) is 5.10 Å².